The second-order valence-corrected chi connectivity index (χ2v) is 3.16. The number of hydrogen-bond acceptors (Lipinski definition) is 3. The average molecular weight is 165 g/mol. The molecule has 1 aliphatic rings. The normalized spacial score (nSPS) is 16.2. The van der Waals surface area contributed by atoms with Crippen LogP contribution < -0.4 is 5.23 Å². The molecule has 0 radical (unpaired) electrons. The number of anilines is 1. The monoisotopic (exact) mass is 165 g/mol. The van der Waals surface area contributed by atoms with Crippen molar-refractivity contribution in [2.75, 3.05) is 5.23 Å². The van der Waals surface area contributed by atoms with Crippen molar-refractivity contribution < 1.29 is 10.4 Å². The Hall–Kier alpha value is -1.06. The van der Waals surface area contributed by atoms with Crippen LogP contribution in [0.5, 0.6) is 0 Å². The van der Waals surface area contributed by atoms with Crippen molar-refractivity contribution in [1.29, 1.82) is 0 Å². The first-order chi connectivity index (χ1) is 5.77. The van der Waals surface area contributed by atoms with Gasteiger partial charge in [0.2, 0.25) is 0 Å². The molecule has 3 heteroatoms. The number of rotatable bonds is 2. The van der Waals surface area contributed by atoms with Crippen molar-refractivity contribution in [2.24, 2.45) is 0 Å². The first-order valence-corrected chi connectivity index (χ1v) is 4.05. The summed E-state index contributed by atoms with van der Waals surface area (Å²) in [6.45, 7) is 0. The Bertz CT molecular complexity index is 243. The van der Waals surface area contributed by atoms with Crippen LogP contribution in [0.1, 0.15) is 24.3 Å². The molecule has 0 aromatic heterocycles. The topological polar surface area (TPSA) is 43.7 Å². The maximum Gasteiger partial charge on any atom is 0.0942 e. The molecule has 1 aromatic rings. The van der Waals surface area contributed by atoms with Crippen LogP contribution in [0.15, 0.2) is 24.3 Å². The average Bonchev–Trinajstić information content (AvgIpc) is 2.87. The fourth-order valence-electron chi connectivity index (χ4n) is 1.30. The predicted octanol–water partition coefficient (Wildman–Crippen LogP) is 2.15. The van der Waals surface area contributed by atoms with E-state index in [1.54, 1.807) is 12.1 Å². The lowest BCUT2D eigenvalue weighted by atomic mass is 10.1. The van der Waals surface area contributed by atoms with Crippen molar-refractivity contribution in [3.63, 3.8) is 0 Å². The van der Waals surface area contributed by atoms with Crippen LogP contribution in [0, 0.1) is 0 Å². The van der Waals surface area contributed by atoms with Gasteiger partial charge in [-0.3, -0.25) is 10.4 Å². The lowest BCUT2D eigenvalue weighted by Gasteiger charge is -2.07. The molecule has 1 aliphatic carbocycles. The van der Waals surface area contributed by atoms with E-state index in [1.165, 1.54) is 18.4 Å². The summed E-state index contributed by atoms with van der Waals surface area (Å²) in [6.07, 6.45) is 2.53. The molecule has 0 saturated heterocycles. The van der Waals surface area contributed by atoms with E-state index >= 15 is 0 Å². The van der Waals surface area contributed by atoms with Gasteiger partial charge in [-0.1, -0.05) is 12.1 Å². The van der Waals surface area contributed by atoms with E-state index in [4.69, 9.17) is 10.4 Å². The van der Waals surface area contributed by atoms with Crippen molar-refractivity contribution >= 4 is 5.69 Å². The van der Waals surface area contributed by atoms with Crippen LogP contribution in [0.3, 0.4) is 0 Å². The third-order valence-electron chi connectivity index (χ3n) is 2.17. The van der Waals surface area contributed by atoms with E-state index in [0.29, 0.717) is 11.6 Å². The molecule has 2 rings (SSSR count). The number of hydrogen-bond donors (Lipinski definition) is 2. The van der Waals surface area contributed by atoms with Gasteiger partial charge in [0.05, 0.1) is 5.69 Å². The Morgan fingerprint density at radius 2 is 1.67 bits per heavy atom. The molecule has 1 fully saturated rings. The largest absolute Gasteiger partial charge is 0.264 e. The lowest BCUT2D eigenvalue weighted by molar-refractivity contribution is 0.0291. The molecular formula is C9H11NO2. The van der Waals surface area contributed by atoms with Gasteiger partial charge in [-0.15, -0.1) is 5.23 Å². The van der Waals surface area contributed by atoms with E-state index in [0.717, 1.165) is 0 Å². The molecule has 2 N–H and O–H groups in total. The van der Waals surface area contributed by atoms with Crippen molar-refractivity contribution in [3.8, 4) is 0 Å². The Morgan fingerprint density at radius 1 is 1.08 bits per heavy atom. The molecule has 0 atom stereocenters. The standard InChI is InChI=1S/C9H11NO2/c11-10(12)9-5-3-8(4-6-9)7-1-2-7/h3-7,11-12H,1-2H2. The minimum Gasteiger partial charge on any atom is -0.264 e. The summed E-state index contributed by atoms with van der Waals surface area (Å²) in [5.41, 5.74) is 1.69. The van der Waals surface area contributed by atoms with Gasteiger partial charge in [0.15, 0.2) is 0 Å². The van der Waals surface area contributed by atoms with Crippen molar-refractivity contribution in [3.05, 3.63) is 29.8 Å². The third-order valence-corrected chi connectivity index (χ3v) is 2.17. The molecule has 0 heterocycles. The van der Waals surface area contributed by atoms with Crippen molar-refractivity contribution in [2.45, 2.75) is 18.8 Å². The molecule has 12 heavy (non-hydrogen) atoms. The zero-order valence-electron chi connectivity index (χ0n) is 6.64. The molecule has 0 aliphatic heterocycles. The van der Waals surface area contributed by atoms with Gasteiger partial charge in [0, 0.05) is 0 Å². The van der Waals surface area contributed by atoms with E-state index < -0.39 is 0 Å². The maximum absolute atomic E-state index is 8.66. The van der Waals surface area contributed by atoms with Gasteiger partial charge in [-0.05, 0) is 36.5 Å². The summed E-state index contributed by atoms with van der Waals surface area (Å²) in [7, 11) is 0. The minimum absolute atomic E-state index is 0.136. The number of benzene rings is 1. The minimum atomic E-state index is 0.136. The highest BCUT2D eigenvalue weighted by molar-refractivity contribution is 5.43. The maximum atomic E-state index is 8.66. The molecule has 1 aromatic carbocycles. The molecule has 0 spiro atoms. The summed E-state index contributed by atoms with van der Waals surface area (Å²) in [4.78, 5) is 0. The fourth-order valence-corrected chi connectivity index (χ4v) is 1.30. The van der Waals surface area contributed by atoms with Gasteiger partial charge in [-0.2, -0.15) is 0 Å². The molecular weight excluding hydrogens is 154 g/mol. The SMILES string of the molecule is ON(O)c1ccc(C2CC2)cc1. The van der Waals surface area contributed by atoms with E-state index in [9.17, 15) is 0 Å². The summed E-state index contributed by atoms with van der Waals surface area (Å²) in [5, 5.41) is 17.5. The summed E-state index contributed by atoms with van der Waals surface area (Å²) >= 11 is 0. The van der Waals surface area contributed by atoms with Crippen LogP contribution >= 0.6 is 0 Å². The van der Waals surface area contributed by atoms with E-state index in [2.05, 4.69) is 0 Å². The zero-order chi connectivity index (χ0) is 8.55. The van der Waals surface area contributed by atoms with E-state index in [-0.39, 0.29) is 5.23 Å². The smallest absolute Gasteiger partial charge is 0.0942 e. The third kappa shape index (κ3) is 1.42. The zero-order valence-corrected chi connectivity index (χ0v) is 6.64. The molecule has 1 saturated carbocycles. The van der Waals surface area contributed by atoms with Crippen LogP contribution in [-0.4, -0.2) is 10.4 Å². The molecule has 0 amide bonds. The summed E-state index contributed by atoms with van der Waals surface area (Å²) in [5.74, 6) is 0.713. The molecule has 0 bridgehead atoms. The highest BCUT2D eigenvalue weighted by Crippen LogP contribution is 2.40. The Balaban J connectivity index is 2.18. The van der Waals surface area contributed by atoms with Crippen LogP contribution in [0.25, 0.3) is 0 Å². The molecule has 0 unspecified atom stereocenters. The fraction of sp³-hybridized carbons (Fsp3) is 0.333. The van der Waals surface area contributed by atoms with Gasteiger partial charge in [-0.25, -0.2) is 0 Å². The van der Waals surface area contributed by atoms with Gasteiger partial charge in [0.25, 0.3) is 0 Å². The summed E-state index contributed by atoms with van der Waals surface area (Å²) in [6, 6.07) is 7.28. The lowest BCUT2D eigenvalue weighted by Crippen LogP contribution is -2.10. The van der Waals surface area contributed by atoms with Gasteiger partial charge in [0.1, 0.15) is 0 Å². The Morgan fingerprint density at radius 3 is 2.08 bits per heavy atom. The highest BCUT2D eigenvalue weighted by Gasteiger charge is 2.22. The Kier molecular flexibility index (Phi) is 1.75. The van der Waals surface area contributed by atoms with Crippen molar-refractivity contribution in [1.82, 2.24) is 0 Å². The van der Waals surface area contributed by atoms with Crippen LogP contribution in [-0.2, 0) is 0 Å². The van der Waals surface area contributed by atoms with Crippen LogP contribution in [0.4, 0.5) is 5.69 Å². The quantitative estimate of drug-likeness (QED) is 0.660. The second-order valence-electron chi connectivity index (χ2n) is 3.16. The van der Waals surface area contributed by atoms with E-state index in [1.807, 2.05) is 12.1 Å². The second kappa shape index (κ2) is 2.77. The van der Waals surface area contributed by atoms with Gasteiger partial charge >= 0.3 is 0 Å². The summed E-state index contributed by atoms with van der Waals surface area (Å²) < 4.78 is 0. The molecule has 3 nitrogen and oxygen atoms in total. The first kappa shape index (κ1) is 7.58. The van der Waals surface area contributed by atoms with Gasteiger partial charge < -0.3 is 0 Å². The Labute approximate surface area is 70.8 Å². The molecule has 64 valence electrons. The number of nitrogens with zero attached hydrogens (tertiary/aromatic N) is 1. The first-order valence-electron chi connectivity index (χ1n) is 4.05. The highest BCUT2D eigenvalue weighted by atomic mass is 16.8. The predicted molar refractivity (Wildman–Crippen MR) is 44.5 cm³/mol. The van der Waals surface area contributed by atoms with Crippen LogP contribution in [0.2, 0.25) is 0 Å².